The van der Waals surface area contributed by atoms with Gasteiger partial charge in [-0.05, 0) is 56.2 Å². The molecule has 2 heterocycles. The van der Waals surface area contributed by atoms with Crippen molar-refractivity contribution in [3.8, 4) is 5.69 Å². The van der Waals surface area contributed by atoms with Gasteiger partial charge in [0.2, 0.25) is 0 Å². The Morgan fingerprint density at radius 1 is 0.968 bits per heavy atom. The van der Waals surface area contributed by atoms with Crippen LogP contribution in [0.5, 0.6) is 0 Å². The zero-order chi connectivity index (χ0) is 21.8. The minimum absolute atomic E-state index is 0.0294. The van der Waals surface area contributed by atoms with Crippen LogP contribution in [0.4, 0.5) is 10.1 Å². The van der Waals surface area contributed by atoms with Gasteiger partial charge in [-0.25, -0.2) is 9.07 Å². The fraction of sp³-hybridized carbons (Fsp3) is 0.292. The summed E-state index contributed by atoms with van der Waals surface area (Å²) in [5.74, 6) is -0.723. The van der Waals surface area contributed by atoms with Crippen LogP contribution < -0.4 is 5.32 Å². The van der Waals surface area contributed by atoms with Gasteiger partial charge in [-0.3, -0.25) is 9.59 Å². The van der Waals surface area contributed by atoms with Gasteiger partial charge in [0.05, 0.1) is 17.5 Å². The van der Waals surface area contributed by atoms with Gasteiger partial charge in [0.25, 0.3) is 11.8 Å². The van der Waals surface area contributed by atoms with Crippen LogP contribution in [0.15, 0.2) is 54.7 Å². The summed E-state index contributed by atoms with van der Waals surface area (Å²) in [6, 6.07) is 13.2. The van der Waals surface area contributed by atoms with Crippen molar-refractivity contribution < 1.29 is 14.0 Å². The lowest BCUT2D eigenvalue weighted by Crippen LogP contribution is -2.31. The molecule has 0 atom stereocenters. The molecule has 1 aliphatic heterocycles. The maximum absolute atomic E-state index is 14.1. The Morgan fingerprint density at radius 3 is 2.32 bits per heavy atom. The molecule has 0 bridgehead atoms. The number of hydrogen-bond donors (Lipinski definition) is 1. The Kier molecular flexibility index (Phi) is 6.11. The number of anilines is 1. The van der Waals surface area contributed by atoms with E-state index in [9.17, 15) is 14.0 Å². The third-order valence-electron chi connectivity index (χ3n) is 5.62. The van der Waals surface area contributed by atoms with Crippen molar-refractivity contribution in [2.24, 2.45) is 0 Å². The molecule has 1 aliphatic rings. The first kappa shape index (κ1) is 20.8. The lowest BCUT2D eigenvalue weighted by atomic mass is 10.1. The Bertz CT molecular complexity index is 1080. The number of aromatic nitrogens is 2. The Morgan fingerprint density at radius 2 is 1.65 bits per heavy atom. The predicted octanol–water partition coefficient (Wildman–Crippen LogP) is 4.59. The van der Waals surface area contributed by atoms with Gasteiger partial charge in [-0.2, -0.15) is 5.10 Å². The van der Waals surface area contributed by atoms with Crippen molar-refractivity contribution >= 4 is 17.5 Å². The lowest BCUT2D eigenvalue weighted by Gasteiger charge is -2.20. The maximum Gasteiger partial charge on any atom is 0.259 e. The fourth-order valence-electron chi connectivity index (χ4n) is 3.85. The Labute approximate surface area is 180 Å². The molecule has 0 radical (unpaired) electrons. The van der Waals surface area contributed by atoms with Gasteiger partial charge in [-0.15, -0.1) is 0 Å². The van der Waals surface area contributed by atoms with E-state index in [4.69, 9.17) is 0 Å². The van der Waals surface area contributed by atoms with Crippen molar-refractivity contribution in [2.75, 3.05) is 18.4 Å². The van der Waals surface area contributed by atoms with Crippen LogP contribution in [0, 0.1) is 12.7 Å². The quantitative estimate of drug-likeness (QED) is 0.671. The van der Waals surface area contributed by atoms with Crippen LogP contribution in [0.3, 0.4) is 0 Å². The molecular weight excluding hydrogens is 395 g/mol. The highest BCUT2D eigenvalue weighted by atomic mass is 19.1. The smallest absolute Gasteiger partial charge is 0.259 e. The highest BCUT2D eigenvalue weighted by Crippen LogP contribution is 2.19. The average molecular weight is 420 g/mol. The van der Waals surface area contributed by atoms with Gasteiger partial charge in [0.1, 0.15) is 11.5 Å². The number of nitrogens with zero attached hydrogens (tertiary/aromatic N) is 3. The summed E-state index contributed by atoms with van der Waals surface area (Å²) in [5, 5.41) is 7.00. The molecule has 3 aromatic rings. The molecule has 2 aromatic carbocycles. The van der Waals surface area contributed by atoms with Crippen molar-refractivity contribution in [1.29, 1.82) is 0 Å². The molecule has 0 aliphatic carbocycles. The summed E-state index contributed by atoms with van der Waals surface area (Å²) < 4.78 is 15.5. The molecule has 1 N–H and O–H groups in total. The monoisotopic (exact) mass is 420 g/mol. The van der Waals surface area contributed by atoms with Crippen LogP contribution in [-0.2, 0) is 0 Å². The maximum atomic E-state index is 14.1. The highest BCUT2D eigenvalue weighted by Gasteiger charge is 2.19. The number of carbonyl (C=O) groups is 2. The van der Waals surface area contributed by atoms with E-state index in [0.717, 1.165) is 25.9 Å². The second-order valence-electron chi connectivity index (χ2n) is 7.74. The first-order valence-electron chi connectivity index (χ1n) is 10.5. The third kappa shape index (κ3) is 4.50. The number of benzene rings is 2. The Hall–Kier alpha value is -3.48. The van der Waals surface area contributed by atoms with Crippen LogP contribution >= 0.6 is 0 Å². The molecule has 0 spiro atoms. The SMILES string of the molecule is Cc1c(C(=O)Nc2ccc(C(=O)N3CCCCCC3)cc2)cnn1-c1ccccc1F. The molecule has 2 amide bonds. The minimum Gasteiger partial charge on any atom is -0.339 e. The minimum atomic E-state index is -0.412. The summed E-state index contributed by atoms with van der Waals surface area (Å²) in [6.45, 7) is 3.31. The molecule has 31 heavy (non-hydrogen) atoms. The average Bonchev–Trinajstić information content (AvgIpc) is 2.98. The Balaban J connectivity index is 1.46. The van der Waals surface area contributed by atoms with E-state index in [1.54, 1.807) is 49.4 Å². The van der Waals surface area contributed by atoms with Gasteiger partial charge < -0.3 is 10.2 Å². The number of hydrogen-bond acceptors (Lipinski definition) is 3. The summed E-state index contributed by atoms with van der Waals surface area (Å²) in [5.41, 5.74) is 2.37. The predicted molar refractivity (Wildman–Crippen MR) is 117 cm³/mol. The number of nitrogens with one attached hydrogen (secondary N) is 1. The van der Waals surface area contributed by atoms with E-state index in [1.807, 2.05) is 4.90 Å². The van der Waals surface area contributed by atoms with Gasteiger partial charge in [0, 0.05) is 24.3 Å². The largest absolute Gasteiger partial charge is 0.339 e. The molecule has 0 saturated carbocycles. The third-order valence-corrected chi connectivity index (χ3v) is 5.62. The number of likely N-dealkylation sites (tertiary alicyclic amines) is 1. The molecule has 0 unspecified atom stereocenters. The number of carbonyl (C=O) groups excluding carboxylic acids is 2. The zero-order valence-corrected chi connectivity index (χ0v) is 17.5. The molecule has 7 heteroatoms. The van der Waals surface area contributed by atoms with Crippen molar-refractivity contribution in [3.63, 3.8) is 0 Å². The molecule has 1 fully saturated rings. The van der Waals surface area contributed by atoms with Gasteiger partial charge >= 0.3 is 0 Å². The number of rotatable bonds is 4. The summed E-state index contributed by atoms with van der Waals surface area (Å²) in [4.78, 5) is 27.4. The molecule has 160 valence electrons. The molecule has 4 rings (SSSR count). The van der Waals surface area contributed by atoms with Gasteiger partial charge in [-0.1, -0.05) is 25.0 Å². The first-order valence-corrected chi connectivity index (χ1v) is 10.5. The molecule has 1 aromatic heterocycles. The number of halogens is 1. The first-order chi connectivity index (χ1) is 15.0. The van der Waals surface area contributed by atoms with Crippen LogP contribution in [0.1, 0.15) is 52.1 Å². The molecule has 6 nitrogen and oxygen atoms in total. The molecule has 1 saturated heterocycles. The normalized spacial score (nSPS) is 14.2. The second-order valence-corrected chi connectivity index (χ2v) is 7.74. The lowest BCUT2D eigenvalue weighted by molar-refractivity contribution is 0.0761. The van der Waals surface area contributed by atoms with E-state index in [1.165, 1.54) is 29.8 Å². The van der Waals surface area contributed by atoms with Crippen LogP contribution in [0.2, 0.25) is 0 Å². The highest BCUT2D eigenvalue weighted by molar-refractivity contribution is 6.05. The topological polar surface area (TPSA) is 67.2 Å². The fourth-order valence-corrected chi connectivity index (χ4v) is 3.85. The van der Waals surface area contributed by atoms with Crippen molar-refractivity contribution in [2.45, 2.75) is 32.6 Å². The number of amides is 2. The summed E-state index contributed by atoms with van der Waals surface area (Å²) >= 11 is 0. The van der Waals surface area contributed by atoms with E-state index >= 15 is 0 Å². The summed E-state index contributed by atoms with van der Waals surface area (Å²) in [6.07, 6.45) is 5.84. The number of para-hydroxylation sites is 1. The zero-order valence-electron chi connectivity index (χ0n) is 17.5. The molecular formula is C24H25FN4O2. The van der Waals surface area contributed by atoms with E-state index in [2.05, 4.69) is 10.4 Å². The van der Waals surface area contributed by atoms with Gasteiger partial charge in [0.15, 0.2) is 0 Å². The van der Waals surface area contributed by atoms with Crippen molar-refractivity contribution in [3.05, 3.63) is 77.4 Å². The van der Waals surface area contributed by atoms with Crippen LogP contribution in [0.25, 0.3) is 5.69 Å². The second kappa shape index (κ2) is 9.12. The van der Waals surface area contributed by atoms with Crippen molar-refractivity contribution in [1.82, 2.24) is 14.7 Å². The van der Waals surface area contributed by atoms with E-state index < -0.39 is 5.82 Å². The van der Waals surface area contributed by atoms with Crippen LogP contribution in [-0.4, -0.2) is 39.6 Å². The van der Waals surface area contributed by atoms with E-state index in [0.29, 0.717) is 22.5 Å². The summed E-state index contributed by atoms with van der Waals surface area (Å²) in [7, 11) is 0. The standard InChI is InChI=1S/C24H25FN4O2/c1-17-20(16-26-29(17)22-9-5-4-8-21(22)25)23(30)27-19-12-10-18(11-13-19)24(31)28-14-6-2-3-7-15-28/h4-5,8-13,16H,2-3,6-7,14-15H2,1H3,(H,27,30). The van der Waals surface area contributed by atoms with E-state index in [-0.39, 0.29) is 17.5 Å².